The molecular weight excluding hydrogens is 829 g/mol. The van der Waals surface area contributed by atoms with Crippen LogP contribution in [0, 0.1) is 0 Å². The molecule has 0 fully saturated rings. The molecule has 1 unspecified atom stereocenters. The molecule has 372 valence electrons. The first kappa shape index (κ1) is 62.0. The molecule has 0 spiro atoms. The summed E-state index contributed by atoms with van der Waals surface area (Å²) in [6, 6.07) is 0. The van der Waals surface area contributed by atoms with Gasteiger partial charge < -0.3 is 14.2 Å². The highest BCUT2D eigenvalue weighted by molar-refractivity contribution is 5.71. The predicted molar refractivity (Wildman–Crippen MR) is 288 cm³/mol. The Morgan fingerprint density at radius 3 is 1.21 bits per heavy atom. The predicted octanol–water partition coefficient (Wildman–Crippen LogP) is 17.4. The summed E-state index contributed by atoms with van der Waals surface area (Å²) < 4.78 is 16.6. The highest BCUT2D eigenvalue weighted by atomic mass is 16.6. The SMILES string of the molecule is CC/C=C/C=C/C=C/C=C/C=C/C=C/C=C/CCCCCC(=O)OCC(COC(=O)CC/C=C/C/C=C/CCCCCCCC)OC(=O)CCC/C=C/C/C=C/C/C=C/C/C=C/CCCCC. The van der Waals surface area contributed by atoms with Crippen molar-refractivity contribution in [2.75, 3.05) is 13.2 Å². The summed E-state index contributed by atoms with van der Waals surface area (Å²) in [7, 11) is 0. The molecule has 0 saturated heterocycles. The fraction of sp³-hybridized carbons (Fsp3) is 0.525. The van der Waals surface area contributed by atoms with Crippen molar-refractivity contribution in [3.05, 3.63) is 158 Å². The molecule has 6 heteroatoms. The molecule has 1 atom stereocenters. The Bertz CT molecular complexity index is 1570. The first-order chi connectivity index (χ1) is 33.0. The van der Waals surface area contributed by atoms with Crippen LogP contribution in [0.15, 0.2) is 158 Å². The van der Waals surface area contributed by atoms with E-state index in [9.17, 15) is 14.4 Å². The molecule has 0 aromatic heterocycles. The maximum Gasteiger partial charge on any atom is 0.306 e. The second kappa shape index (κ2) is 53.6. The highest BCUT2D eigenvalue weighted by Gasteiger charge is 2.19. The second-order valence-corrected chi connectivity index (χ2v) is 16.5. The number of unbranched alkanes of at least 4 members (excludes halogenated alkanes) is 13. The summed E-state index contributed by atoms with van der Waals surface area (Å²) in [5.74, 6) is -1.13. The van der Waals surface area contributed by atoms with Gasteiger partial charge in [-0.2, -0.15) is 0 Å². The number of rotatable bonds is 44. The van der Waals surface area contributed by atoms with Crippen LogP contribution >= 0.6 is 0 Å². The molecule has 0 heterocycles. The van der Waals surface area contributed by atoms with E-state index in [0.717, 1.165) is 64.2 Å². The smallest absolute Gasteiger partial charge is 0.306 e. The van der Waals surface area contributed by atoms with E-state index in [4.69, 9.17) is 14.2 Å². The van der Waals surface area contributed by atoms with Gasteiger partial charge in [-0.05, 0) is 96.3 Å². The van der Waals surface area contributed by atoms with E-state index in [1.807, 2.05) is 79.0 Å². The number of allylic oxidation sites excluding steroid dienone is 26. The van der Waals surface area contributed by atoms with Crippen LogP contribution in [0.4, 0.5) is 0 Å². The average Bonchev–Trinajstić information content (AvgIpc) is 3.33. The number of ether oxygens (including phenoxy) is 3. The molecule has 0 N–H and O–H groups in total. The lowest BCUT2D eigenvalue weighted by molar-refractivity contribution is -0.166. The highest BCUT2D eigenvalue weighted by Crippen LogP contribution is 2.10. The fourth-order valence-electron chi connectivity index (χ4n) is 6.29. The third-order valence-corrected chi connectivity index (χ3v) is 10.2. The third kappa shape index (κ3) is 51.9. The molecule has 67 heavy (non-hydrogen) atoms. The average molecular weight is 921 g/mol. The van der Waals surface area contributed by atoms with E-state index in [0.29, 0.717) is 19.3 Å². The van der Waals surface area contributed by atoms with E-state index in [1.165, 1.54) is 64.2 Å². The maximum absolute atomic E-state index is 12.8. The minimum Gasteiger partial charge on any atom is -0.462 e. The van der Waals surface area contributed by atoms with Gasteiger partial charge in [-0.3, -0.25) is 14.4 Å². The molecule has 6 nitrogen and oxygen atoms in total. The van der Waals surface area contributed by atoms with Gasteiger partial charge in [0.25, 0.3) is 0 Å². The van der Waals surface area contributed by atoms with Gasteiger partial charge in [0.15, 0.2) is 6.10 Å². The normalized spacial score (nSPS) is 13.4. The van der Waals surface area contributed by atoms with E-state index in [1.54, 1.807) is 0 Å². The third-order valence-electron chi connectivity index (χ3n) is 10.2. The zero-order chi connectivity index (χ0) is 48.6. The van der Waals surface area contributed by atoms with E-state index in [2.05, 4.69) is 99.8 Å². The second-order valence-electron chi connectivity index (χ2n) is 16.5. The molecule has 0 radical (unpaired) electrons. The molecule has 0 aromatic rings. The number of carbonyl (C=O) groups is 3. The zero-order valence-electron chi connectivity index (χ0n) is 42.3. The van der Waals surface area contributed by atoms with Gasteiger partial charge in [0.2, 0.25) is 0 Å². The van der Waals surface area contributed by atoms with Crippen LogP contribution in [0.25, 0.3) is 0 Å². The largest absolute Gasteiger partial charge is 0.462 e. The van der Waals surface area contributed by atoms with Crippen molar-refractivity contribution >= 4 is 17.9 Å². The molecule has 0 aliphatic carbocycles. The van der Waals surface area contributed by atoms with Crippen LogP contribution in [-0.4, -0.2) is 37.2 Å². The molecule has 0 amide bonds. The van der Waals surface area contributed by atoms with Crippen molar-refractivity contribution in [3.8, 4) is 0 Å². The van der Waals surface area contributed by atoms with E-state index < -0.39 is 12.1 Å². The van der Waals surface area contributed by atoms with Crippen LogP contribution in [0.2, 0.25) is 0 Å². The Morgan fingerprint density at radius 2 is 0.687 bits per heavy atom. The summed E-state index contributed by atoms with van der Waals surface area (Å²) in [6.45, 7) is 6.28. The van der Waals surface area contributed by atoms with E-state index >= 15 is 0 Å². The van der Waals surface area contributed by atoms with Crippen LogP contribution in [-0.2, 0) is 28.6 Å². The molecule has 0 aliphatic heterocycles. The van der Waals surface area contributed by atoms with Gasteiger partial charge >= 0.3 is 17.9 Å². The van der Waals surface area contributed by atoms with Crippen molar-refractivity contribution in [1.29, 1.82) is 0 Å². The molecule has 0 bridgehead atoms. The van der Waals surface area contributed by atoms with Crippen molar-refractivity contribution in [2.45, 2.75) is 194 Å². The molecule has 0 aliphatic rings. The first-order valence-corrected chi connectivity index (χ1v) is 26.1. The van der Waals surface area contributed by atoms with Crippen molar-refractivity contribution in [3.63, 3.8) is 0 Å². The lowest BCUT2D eigenvalue weighted by Gasteiger charge is -2.18. The summed E-state index contributed by atoms with van der Waals surface area (Å²) in [5.41, 5.74) is 0. The zero-order valence-corrected chi connectivity index (χ0v) is 42.3. The van der Waals surface area contributed by atoms with Gasteiger partial charge in [0.05, 0.1) is 0 Å². The molecule has 0 aromatic carbocycles. The lowest BCUT2D eigenvalue weighted by atomic mass is 10.1. The number of esters is 3. The maximum atomic E-state index is 12.8. The van der Waals surface area contributed by atoms with Crippen molar-refractivity contribution in [2.24, 2.45) is 0 Å². The Labute approximate surface area is 409 Å². The summed E-state index contributed by atoms with van der Waals surface area (Å²) in [6.07, 6.45) is 78.1. The Hall–Kier alpha value is -4.97. The lowest BCUT2D eigenvalue weighted by Crippen LogP contribution is -2.30. The summed E-state index contributed by atoms with van der Waals surface area (Å²) >= 11 is 0. The monoisotopic (exact) mass is 921 g/mol. The number of hydrogen-bond donors (Lipinski definition) is 0. The quantitative estimate of drug-likeness (QED) is 0.0199. The van der Waals surface area contributed by atoms with Gasteiger partial charge in [-0.1, -0.05) is 230 Å². The summed E-state index contributed by atoms with van der Waals surface area (Å²) in [5, 5.41) is 0. The molecule has 0 rings (SSSR count). The van der Waals surface area contributed by atoms with Crippen LogP contribution in [0.3, 0.4) is 0 Å². The van der Waals surface area contributed by atoms with Gasteiger partial charge in [0, 0.05) is 19.3 Å². The Morgan fingerprint density at radius 1 is 0.328 bits per heavy atom. The van der Waals surface area contributed by atoms with E-state index in [-0.39, 0.29) is 44.4 Å². The van der Waals surface area contributed by atoms with Crippen LogP contribution in [0.1, 0.15) is 188 Å². The molecule has 0 saturated carbocycles. The van der Waals surface area contributed by atoms with Gasteiger partial charge in [0.1, 0.15) is 13.2 Å². The number of hydrogen-bond acceptors (Lipinski definition) is 6. The first-order valence-electron chi connectivity index (χ1n) is 26.1. The Balaban J connectivity index is 4.68. The molecular formula is C61H92O6. The summed E-state index contributed by atoms with van der Waals surface area (Å²) in [4.78, 5) is 38.0. The topological polar surface area (TPSA) is 78.9 Å². The van der Waals surface area contributed by atoms with Gasteiger partial charge in [-0.25, -0.2) is 0 Å². The van der Waals surface area contributed by atoms with Crippen molar-refractivity contribution in [1.82, 2.24) is 0 Å². The van der Waals surface area contributed by atoms with Gasteiger partial charge in [-0.15, -0.1) is 0 Å². The Kier molecular flexibility index (Phi) is 49.7. The van der Waals surface area contributed by atoms with Crippen LogP contribution in [0.5, 0.6) is 0 Å². The minimum atomic E-state index is -0.856. The van der Waals surface area contributed by atoms with Crippen molar-refractivity contribution < 1.29 is 28.6 Å². The van der Waals surface area contributed by atoms with Crippen LogP contribution < -0.4 is 0 Å². The minimum absolute atomic E-state index is 0.149. The fourth-order valence-corrected chi connectivity index (χ4v) is 6.29. The standard InChI is InChI=1S/C61H92O6/c1-4-7-10-13-16-19-22-25-27-29-30-32-33-36-39-42-45-48-51-54-60(63)66-57-58(56-65-59(62)53-50-47-44-41-38-35-24-21-18-15-12-9-6-3)67-61(64)55-52-49-46-43-40-37-34-31-28-26-23-20-17-14-11-8-5-2/h7,10,13,16-17,19-20,22,25-30,32-39,43-44,46-47,58H,4-6,8-9,11-12,14-15,18,21,23-24,31,40-42,45,48-57H2,1-3H3/b10-7+,16-13+,20-17+,22-19+,27-25+,28-26+,30-29+,33-32+,37-34+,38-35+,39-36+,46-43+,47-44+. The number of carbonyl (C=O) groups excluding carboxylic acids is 3.